The average Bonchev–Trinajstić information content (AvgIpc) is 2.82. The fourth-order valence-electron chi connectivity index (χ4n) is 1.89. The summed E-state index contributed by atoms with van der Waals surface area (Å²) in [5, 5.41) is 17.6. The van der Waals surface area contributed by atoms with Crippen molar-refractivity contribution in [3.63, 3.8) is 0 Å². The molecular formula is C14H15BrN4O3. The van der Waals surface area contributed by atoms with E-state index in [2.05, 4.69) is 26.3 Å². The molecule has 0 spiro atoms. The Morgan fingerprint density at radius 2 is 2.09 bits per heavy atom. The molecule has 0 fully saturated rings. The molecule has 1 N–H and O–H groups in total. The number of nitro benzene ring substituents is 1. The predicted molar refractivity (Wildman–Crippen MR) is 84.7 cm³/mol. The van der Waals surface area contributed by atoms with Crippen molar-refractivity contribution in [2.24, 2.45) is 0 Å². The van der Waals surface area contributed by atoms with Gasteiger partial charge in [0.2, 0.25) is 0 Å². The Bertz CT molecular complexity index is 662. The molecule has 0 bridgehead atoms. The van der Waals surface area contributed by atoms with Crippen molar-refractivity contribution in [2.45, 2.75) is 19.9 Å². The second kappa shape index (κ2) is 7.17. The van der Waals surface area contributed by atoms with E-state index in [1.807, 2.05) is 17.8 Å². The van der Waals surface area contributed by atoms with Crippen LogP contribution in [0.1, 0.15) is 22.5 Å². The second-order valence-electron chi connectivity index (χ2n) is 4.74. The number of nitrogens with zero attached hydrogens (tertiary/aromatic N) is 3. The van der Waals surface area contributed by atoms with Crippen molar-refractivity contribution in [2.75, 3.05) is 6.54 Å². The van der Waals surface area contributed by atoms with Gasteiger partial charge in [-0.15, -0.1) is 0 Å². The monoisotopic (exact) mass is 366 g/mol. The molecule has 1 amide bonds. The zero-order valence-corrected chi connectivity index (χ0v) is 13.5. The Kier molecular flexibility index (Phi) is 5.26. The van der Waals surface area contributed by atoms with Crippen molar-refractivity contribution < 1.29 is 9.72 Å². The summed E-state index contributed by atoms with van der Waals surface area (Å²) in [7, 11) is 0. The number of aromatic nitrogens is 2. The summed E-state index contributed by atoms with van der Waals surface area (Å²) in [6.45, 7) is 3.12. The number of non-ortho nitro benzene ring substituents is 1. The van der Waals surface area contributed by atoms with E-state index in [1.54, 1.807) is 0 Å². The molecule has 22 heavy (non-hydrogen) atoms. The Morgan fingerprint density at radius 1 is 1.41 bits per heavy atom. The summed E-state index contributed by atoms with van der Waals surface area (Å²) in [6.07, 6.45) is 2.64. The third-order valence-corrected chi connectivity index (χ3v) is 3.85. The number of nitrogens with one attached hydrogen (secondary N) is 1. The first kappa shape index (κ1) is 16.2. The smallest absolute Gasteiger partial charge is 0.269 e. The quantitative estimate of drug-likeness (QED) is 0.483. The summed E-state index contributed by atoms with van der Waals surface area (Å²) < 4.78 is 2.78. The minimum absolute atomic E-state index is 0.0313. The zero-order valence-electron chi connectivity index (χ0n) is 12.0. The van der Waals surface area contributed by atoms with E-state index in [-0.39, 0.29) is 11.6 Å². The largest absolute Gasteiger partial charge is 0.352 e. The highest BCUT2D eigenvalue weighted by Gasteiger charge is 2.09. The van der Waals surface area contributed by atoms with E-state index in [0.29, 0.717) is 18.7 Å². The van der Waals surface area contributed by atoms with E-state index in [1.165, 1.54) is 24.3 Å². The molecule has 0 aliphatic carbocycles. The fraction of sp³-hybridized carbons (Fsp3) is 0.286. The van der Waals surface area contributed by atoms with Crippen molar-refractivity contribution in [1.82, 2.24) is 15.1 Å². The molecule has 0 saturated heterocycles. The Labute approximate surface area is 135 Å². The van der Waals surface area contributed by atoms with Gasteiger partial charge < -0.3 is 5.32 Å². The zero-order chi connectivity index (χ0) is 16.1. The molecule has 0 saturated carbocycles. The van der Waals surface area contributed by atoms with Crippen molar-refractivity contribution >= 4 is 27.5 Å². The summed E-state index contributed by atoms with van der Waals surface area (Å²) in [6, 6.07) is 5.53. The minimum atomic E-state index is -0.494. The Balaban J connectivity index is 1.79. The molecule has 0 aliphatic rings. The van der Waals surface area contributed by atoms with Crippen LogP contribution in [0.3, 0.4) is 0 Å². The Hall–Kier alpha value is -2.22. The van der Waals surface area contributed by atoms with E-state index >= 15 is 0 Å². The molecule has 2 aromatic rings. The lowest BCUT2D eigenvalue weighted by atomic mass is 10.2. The van der Waals surface area contributed by atoms with Crippen LogP contribution in [0.2, 0.25) is 0 Å². The number of amides is 1. The lowest BCUT2D eigenvalue weighted by molar-refractivity contribution is -0.384. The van der Waals surface area contributed by atoms with Gasteiger partial charge in [0, 0.05) is 37.0 Å². The van der Waals surface area contributed by atoms with Gasteiger partial charge in [-0.2, -0.15) is 5.10 Å². The number of halogens is 1. The third kappa shape index (κ3) is 4.14. The SMILES string of the molecule is Cc1nn(CCCNC(=O)c2ccc([N+](=O)[O-])cc2)cc1Br. The molecule has 2 rings (SSSR count). The maximum absolute atomic E-state index is 11.9. The van der Waals surface area contributed by atoms with Crippen LogP contribution in [0, 0.1) is 17.0 Å². The predicted octanol–water partition coefficient (Wildman–Crippen LogP) is 2.68. The standard InChI is InChI=1S/C14H15BrN4O3/c1-10-13(15)9-18(17-10)8-2-7-16-14(20)11-3-5-12(6-4-11)19(21)22/h3-6,9H,2,7-8H2,1H3,(H,16,20). The minimum Gasteiger partial charge on any atom is -0.352 e. The molecule has 7 nitrogen and oxygen atoms in total. The molecule has 1 aromatic carbocycles. The molecule has 0 aliphatic heterocycles. The number of benzene rings is 1. The van der Waals surface area contributed by atoms with Crippen LogP contribution < -0.4 is 5.32 Å². The summed E-state index contributed by atoms with van der Waals surface area (Å²) >= 11 is 3.39. The molecular weight excluding hydrogens is 352 g/mol. The molecule has 8 heteroatoms. The topological polar surface area (TPSA) is 90.1 Å². The van der Waals surface area contributed by atoms with Gasteiger partial charge in [-0.3, -0.25) is 19.6 Å². The first-order chi connectivity index (χ1) is 10.5. The number of rotatable bonds is 6. The van der Waals surface area contributed by atoms with Crippen LogP contribution >= 0.6 is 15.9 Å². The van der Waals surface area contributed by atoms with Crippen LogP contribution in [0.25, 0.3) is 0 Å². The first-order valence-electron chi connectivity index (χ1n) is 6.69. The van der Waals surface area contributed by atoms with Crippen molar-refractivity contribution in [3.05, 3.63) is 56.3 Å². The maximum atomic E-state index is 11.9. The molecule has 1 aromatic heterocycles. The van der Waals surface area contributed by atoms with Crippen molar-refractivity contribution in [3.8, 4) is 0 Å². The van der Waals surface area contributed by atoms with E-state index in [0.717, 1.165) is 16.6 Å². The van der Waals surface area contributed by atoms with E-state index in [4.69, 9.17) is 0 Å². The number of carbonyl (C=O) groups is 1. The number of carbonyl (C=O) groups excluding carboxylic acids is 1. The third-order valence-electron chi connectivity index (χ3n) is 3.08. The molecule has 0 radical (unpaired) electrons. The van der Waals surface area contributed by atoms with Gasteiger partial charge >= 0.3 is 0 Å². The van der Waals surface area contributed by atoms with Gasteiger partial charge in [0.05, 0.1) is 15.1 Å². The van der Waals surface area contributed by atoms with Gasteiger partial charge in [-0.25, -0.2) is 0 Å². The lowest BCUT2D eigenvalue weighted by Gasteiger charge is -2.05. The highest BCUT2D eigenvalue weighted by atomic mass is 79.9. The molecule has 1 heterocycles. The van der Waals surface area contributed by atoms with Gasteiger partial charge in [-0.05, 0) is 41.4 Å². The lowest BCUT2D eigenvalue weighted by Crippen LogP contribution is -2.25. The summed E-state index contributed by atoms with van der Waals surface area (Å²) in [4.78, 5) is 21.9. The fourth-order valence-corrected chi connectivity index (χ4v) is 2.20. The van der Waals surface area contributed by atoms with E-state index < -0.39 is 4.92 Å². The van der Waals surface area contributed by atoms with E-state index in [9.17, 15) is 14.9 Å². The normalized spacial score (nSPS) is 10.5. The Morgan fingerprint density at radius 3 is 2.64 bits per heavy atom. The van der Waals surface area contributed by atoms with Crippen LogP contribution in [-0.4, -0.2) is 27.2 Å². The van der Waals surface area contributed by atoms with Gasteiger partial charge in [0.25, 0.3) is 11.6 Å². The molecule has 0 atom stereocenters. The highest BCUT2D eigenvalue weighted by Crippen LogP contribution is 2.13. The number of hydrogen-bond donors (Lipinski definition) is 1. The average molecular weight is 367 g/mol. The van der Waals surface area contributed by atoms with Crippen LogP contribution in [-0.2, 0) is 6.54 Å². The number of hydrogen-bond acceptors (Lipinski definition) is 4. The van der Waals surface area contributed by atoms with Crippen LogP contribution in [0.4, 0.5) is 5.69 Å². The first-order valence-corrected chi connectivity index (χ1v) is 7.49. The maximum Gasteiger partial charge on any atom is 0.269 e. The number of nitro groups is 1. The van der Waals surface area contributed by atoms with Crippen LogP contribution in [0.5, 0.6) is 0 Å². The van der Waals surface area contributed by atoms with Crippen molar-refractivity contribution in [1.29, 1.82) is 0 Å². The van der Waals surface area contributed by atoms with Gasteiger partial charge in [-0.1, -0.05) is 0 Å². The van der Waals surface area contributed by atoms with Gasteiger partial charge in [0.1, 0.15) is 0 Å². The summed E-state index contributed by atoms with van der Waals surface area (Å²) in [5.41, 5.74) is 1.30. The van der Waals surface area contributed by atoms with Gasteiger partial charge in [0.15, 0.2) is 0 Å². The van der Waals surface area contributed by atoms with Crippen LogP contribution in [0.15, 0.2) is 34.9 Å². The molecule has 116 valence electrons. The highest BCUT2D eigenvalue weighted by molar-refractivity contribution is 9.10. The molecule has 0 unspecified atom stereocenters. The number of aryl methyl sites for hydroxylation is 2. The second-order valence-corrected chi connectivity index (χ2v) is 5.59. The summed E-state index contributed by atoms with van der Waals surface area (Å²) in [5.74, 6) is -0.243.